The van der Waals surface area contributed by atoms with Crippen LogP contribution in [0.2, 0.25) is 5.02 Å². The molecule has 0 aliphatic carbocycles. The Bertz CT molecular complexity index is 1540. The third-order valence-corrected chi connectivity index (χ3v) is 6.86. The average molecular weight is 546 g/mol. The molecule has 5 rings (SSSR count). The quantitative estimate of drug-likeness (QED) is 0.360. The molecule has 1 aliphatic heterocycles. The predicted molar refractivity (Wildman–Crippen MR) is 147 cm³/mol. The van der Waals surface area contributed by atoms with Crippen molar-refractivity contribution in [3.05, 3.63) is 118 Å². The van der Waals surface area contributed by atoms with Gasteiger partial charge >= 0.3 is 0 Å². The predicted octanol–water partition coefficient (Wildman–Crippen LogP) is 4.35. The second-order valence-corrected chi connectivity index (χ2v) is 9.72. The second kappa shape index (κ2) is 11.6. The van der Waals surface area contributed by atoms with E-state index in [4.69, 9.17) is 11.6 Å². The van der Waals surface area contributed by atoms with E-state index in [0.29, 0.717) is 36.0 Å². The molecule has 1 saturated heterocycles. The van der Waals surface area contributed by atoms with Gasteiger partial charge in [0, 0.05) is 54.9 Å². The van der Waals surface area contributed by atoms with Crippen molar-refractivity contribution < 1.29 is 14.0 Å². The average Bonchev–Trinajstić information content (AvgIpc) is 3.36. The van der Waals surface area contributed by atoms with E-state index in [1.165, 1.54) is 29.0 Å². The first-order chi connectivity index (χ1) is 18.9. The number of benzene rings is 2. The minimum Gasteiger partial charge on any atom is -0.326 e. The number of anilines is 2. The highest BCUT2D eigenvalue weighted by Gasteiger charge is 2.42. The lowest BCUT2D eigenvalue weighted by Gasteiger charge is -2.18. The second-order valence-electron chi connectivity index (χ2n) is 9.29. The number of halogens is 2. The summed E-state index contributed by atoms with van der Waals surface area (Å²) >= 11 is 5.95. The molecule has 2 aromatic heterocycles. The maximum atomic E-state index is 15.0. The van der Waals surface area contributed by atoms with Crippen molar-refractivity contribution in [1.29, 1.82) is 0 Å². The van der Waals surface area contributed by atoms with E-state index in [2.05, 4.69) is 15.6 Å². The third kappa shape index (κ3) is 6.22. The van der Waals surface area contributed by atoms with Gasteiger partial charge in [-0.3, -0.25) is 28.8 Å². The summed E-state index contributed by atoms with van der Waals surface area (Å²) in [4.78, 5) is 45.1. The summed E-state index contributed by atoms with van der Waals surface area (Å²) in [6.07, 6.45) is 3.23. The lowest BCUT2D eigenvalue weighted by atomic mass is 9.94. The van der Waals surface area contributed by atoms with Gasteiger partial charge in [0.15, 0.2) is 0 Å². The summed E-state index contributed by atoms with van der Waals surface area (Å²) in [5, 5.41) is 6.04. The molecule has 0 spiro atoms. The zero-order valence-electron chi connectivity index (χ0n) is 20.8. The number of hydrogen-bond donors (Lipinski definition) is 2. The molecule has 10 heteroatoms. The lowest BCUT2D eigenvalue weighted by Crippen LogP contribution is -2.35. The molecule has 1 aliphatic rings. The molecule has 4 aromatic rings. The Kier molecular flexibility index (Phi) is 7.81. The lowest BCUT2D eigenvalue weighted by molar-refractivity contribution is -0.127. The van der Waals surface area contributed by atoms with Crippen LogP contribution in [0.4, 0.5) is 15.8 Å². The van der Waals surface area contributed by atoms with Crippen LogP contribution in [-0.4, -0.2) is 39.4 Å². The van der Waals surface area contributed by atoms with Crippen LogP contribution in [0.15, 0.2) is 96.1 Å². The first-order valence-corrected chi connectivity index (χ1v) is 12.7. The summed E-state index contributed by atoms with van der Waals surface area (Å²) in [6.45, 7) is 1.08. The van der Waals surface area contributed by atoms with E-state index in [9.17, 15) is 14.4 Å². The van der Waals surface area contributed by atoms with Crippen LogP contribution in [0.25, 0.3) is 5.69 Å². The van der Waals surface area contributed by atoms with Crippen molar-refractivity contribution in [2.24, 2.45) is 11.8 Å². The Morgan fingerprint density at radius 3 is 2.31 bits per heavy atom. The van der Waals surface area contributed by atoms with Gasteiger partial charge in [-0.2, -0.15) is 0 Å². The van der Waals surface area contributed by atoms with Crippen molar-refractivity contribution in [3.8, 4) is 5.69 Å². The van der Waals surface area contributed by atoms with Crippen LogP contribution < -0.4 is 16.2 Å². The zero-order valence-corrected chi connectivity index (χ0v) is 21.5. The van der Waals surface area contributed by atoms with Crippen LogP contribution in [0.5, 0.6) is 0 Å². The van der Waals surface area contributed by atoms with Gasteiger partial charge in [0.2, 0.25) is 11.8 Å². The van der Waals surface area contributed by atoms with E-state index >= 15 is 4.39 Å². The standard InChI is InChI=1S/C29H25ClFN5O3/c30-19-7-9-20(10-8-19)33-28(38)23-17-35(16-21-5-1-3-13-32-21)18-24(23)29(39)34-26-12-11-22(15-25(26)31)36-14-4-2-6-27(36)37/h1-15,23-24H,16-18H2,(H,33,38)(H,34,39)/t23-,24-/m0/s1. The smallest absolute Gasteiger partial charge is 0.255 e. The normalized spacial score (nSPS) is 17.1. The van der Waals surface area contributed by atoms with E-state index in [1.54, 1.807) is 48.7 Å². The highest BCUT2D eigenvalue weighted by molar-refractivity contribution is 6.30. The molecular formula is C29H25ClFN5O3. The molecule has 3 heterocycles. The molecule has 1 fully saturated rings. The topological polar surface area (TPSA) is 96.3 Å². The fraction of sp³-hybridized carbons (Fsp3) is 0.172. The van der Waals surface area contributed by atoms with Crippen LogP contribution in [-0.2, 0) is 16.1 Å². The SMILES string of the molecule is O=C(Nc1ccc(Cl)cc1)[C@H]1CN(Cc2ccccn2)C[C@@H]1C(=O)Nc1ccc(-n2ccccc2=O)cc1F. The molecule has 0 saturated carbocycles. The van der Waals surface area contributed by atoms with Gasteiger partial charge in [-0.15, -0.1) is 0 Å². The van der Waals surface area contributed by atoms with Crippen LogP contribution >= 0.6 is 11.6 Å². The maximum absolute atomic E-state index is 15.0. The number of nitrogens with zero attached hydrogens (tertiary/aromatic N) is 3. The Hall–Kier alpha value is -4.34. The van der Waals surface area contributed by atoms with Crippen molar-refractivity contribution in [1.82, 2.24) is 14.5 Å². The minimum atomic E-state index is -0.739. The number of likely N-dealkylation sites (tertiary alicyclic amines) is 1. The summed E-state index contributed by atoms with van der Waals surface area (Å²) in [5.74, 6) is -2.91. The van der Waals surface area contributed by atoms with Gasteiger partial charge in [0.05, 0.1) is 28.9 Å². The molecule has 2 N–H and O–H groups in total. The van der Waals surface area contributed by atoms with Gasteiger partial charge in [-0.05, 0) is 54.6 Å². The Morgan fingerprint density at radius 1 is 0.923 bits per heavy atom. The Labute approximate surface area is 229 Å². The highest BCUT2D eigenvalue weighted by atomic mass is 35.5. The van der Waals surface area contributed by atoms with E-state index < -0.39 is 23.6 Å². The van der Waals surface area contributed by atoms with Crippen molar-refractivity contribution in [2.45, 2.75) is 6.54 Å². The van der Waals surface area contributed by atoms with Crippen molar-refractivity contribution in [2.75, 3.05) is 23.7 Å². The number of rotatable bonds is 7. The maximum Gasteiger partial charge on any atom is 0.255 e. The van der Waals surface area contributed by atoms with Gasteiger partial charge in [-0.1, -0.05) is 23.7 Å². The first-order valence-electron chi connectivity index (χ1n) is 12.3. The molecule has 0 bridgehead atoms. The molecule has 0 unspecified atom stereocenters. The molecule has 0 radical (unpaired) electrons. The third-order valence-electron chi connectivity index (χ3n) is 6.60. The minimum absolute atomic E-state index is 0.0345. The monoisotopic (exact) mass is 545 g/mol. The molecule has 39 heavy (non-hydrogen) atoms. The molecular weight excluding hydrogens is 521 g/mol. The Morgan fingerprint density at radius 2 is 1.64 bits per heavy atom. The van der Waals surface area contributed by atoms with Crippen molar-refractivity contribution >= 4 is 34.8 Å². The zero-order chi connectivity index (χ0) is 27.4. The van der Waals surface area contributed by atoms with Crippen LogP contribution in [0, 0.1) is 17.7 Å². The summed E-state index contributed by atoms with van der Waals surface area (Å²) < 4.78 is 16.3. The fourth-order valence-corrected chi connectivity index (χ4v) is 4.78. The number of amides is 2. The molecule has 2 amide bonds. The van der Waals surface area contributed by atoms with Gasteiger partial charge in [-0.25, -0.2) is 4.39 Å². The molecule has 2 atom stereocenters. The highest BCUT2D eigenvalue weighted by Crippen LogP contribution is 2.29. The number of pyridine rings is 2. The molecule has 8 nitrogen and oxygen atoms in total. The van der Waals surface area contributed by atoms with Crippen molar-refractivity contribution in [3.63, 3.8) is 0 Å². The summed E-state index contributed by atoms with van der Waals surface area (Å²) in [6, 6.07) is 21.1. The molecule has 198 valence electrons. The molecule has 2 aromatic carbocycles. The first kappa shape index (κ1) is 26.3. The number of carbonyl (C=O) groups is 2. The number of hydrogen-bond acceptors (Lipinski definition) is 5. The van der Waals surface area contributed by atoms with Crippen LogP contribution in [0.3, 0.4) is 0 Å². The number of carbonyl (C=O) groups excluding carboxylic acids is 2. The van der Waals surface area contributed by atoms with Gasteiger partial charge in [0.25, 0.3) is 5.56 Å². The largest absolute Gasteiger partial charge is 0.326 e. The van der Waals surface area contributed by atoms with E-state index in [-0.39, 0.29) is 17.2 Å². The van der Waals surface area contributed by atoms with Crippen LogP contribution in [0.1, 0.15) is 5.69 Å². The number of aromatic nitrogens is 2. The Balaban J connectivity index is 1.35. The fourth-order valence-electron chi connectivity index (χ4n) is 4.66. The summed E-state index contributed by atoms with van der Waals surface area (Å²) in [7, 11) is 0. The van der Waals surface area contributed by atoms with E-state index in [1.807, 2.05) is 23.1 Å². The van der Waals surface area contributed by atoms with Gasteiger partial charge < -0.3 is 10.6 Å². The number of nitrogens with one attached hydrogen (secondary N) is 2. The van der Waals surface area contributed by atoms with Gasteiger partial charge in [0.1, 0.15) is 5.82 Å². The summed E-state index contributed by atoms with van der Waals surface area (Å²) in [5.41, 5.74) is 1.37. The van der Waals surface area contributed by atoms with E-state index in [0.717, 1.165) is 5.69 Å².